The Hall–Kier alpha value is -5.35. The third kappa shape index (κ3) is 7.25. The van der Waals surface area contributed by atoms with Gasteiger partial charge in [0.05, 0.1) is 29.1 Å². The van der Waals surface area contributed by atoms with Crippen LogP contribution in [-0.4, -0.2) is 56.8 Å². The van der Waals surface area contributed by atoms with Crippen molar-refractivity contribution < 1.29 is 19.1 Å². The second kappa shape index (κ2) is 14.0. The molecular formula is C33H32ClN7O4. The van der Waals surface area contributed by atoms with Gasteiger partial charge in [0.1, 0.15) is 5.75 Å². The van der Waals surface area contributed by atoms with E-state index in [2.05, 4.69) is 37.3 Å². The lowest BCUT2D eigenvalue weighted by Crippen LogP contribution is -2.36. The number of methoxy groups -OCH3 is 1. The van der Waals surface area contributed by atoms with Crippen LogP contribution in [0.4, 0.5) is 11.4 Å². The lowest BCUT2D eigenvalue weighted by molar-refractivity contribution is 0.0937. The molecule has 1 fully saturated rings. The number of ether oxygens (including phenoxy) is 1. The number of aliphatic imine (C=N–C) groups is 1. The van der Waals surface area contributed by atoms with Crippen LogP contribution >= 0.6 is 11.6 Å². The number of nitrogens with two attached hydrogens (primary N) is 1. The van der Waals surface area contributed by atoms with E-state index in [1.165, 1.54) is 7.11 Å². The van der Waals surface area contributed by atoms with E-state index < -0.39 is 5.91 Å². The standard InChI is InChI=1S/C33H32ClN7O4/c1-36-32(43)20-12-10-19(11-13-20)23-17-28(45-2)27(16-24(23)33(44)38-21-14-15-37-18-21)39-29-9-5-7-25(34)31(41-29)40-26-8-4-3-6-22(26)30(35)42/h3-8,10-13,16-17,21,37,39H,14-15,18H2,1-2H3,(H2,35,42)(H,36,43)(H,38,44)(H,40,41)/t21-/m1/s1. The van der Waals surface area contributed by atoms with Gasteiger partial charge in [0.15, 0.2) is 11.7 Å². The number of anilines is 2. The molecule has 230 valence electrons. The molecule has 0 bridgehead atoms. The number of carbonyl (C=O) groups excluding carboxylic acids is 3. The molecule has 11 nitrogen and oxygen atoms in total. The number of hydrogen-bond donors (Lipinski definition) is 6. The van der Waals surface area contributed by atoms with Crippen molar-refractivity contribution in [3.05, 3.63) is 106 Å². The van der Waals surface area contributed by atoms with Crippen LogP contribution in [0.1, 0.15) is 37.5 Å². The number of benzene rings is 3. The number of amides is 3. The second-order valence-corrected chi connectivity index (χ2v) is 10.6. The molecule has 2 aliphatic rings. The van der Waals surface area contributed by atoms with Crippen LogP contribution < -0.4 is 37.1 Å². The summed E-state index contributed by atoms with van der Waals surface area (Å²) in [7, 11) is 3.09. The summed E-state index contributed by atoms with van der Waals surface area (Å²) >= 11 is 6.50. The highest BCUT2D eigenvalue weighted by Crippen LogP contribution is 2.36. The maximum Gasteiger partial charge on any atom is 0.252 e. The Balaban J connectivity index is 1.52. The average Bonchev–Trinajstić information content (AvgIpc) is 3.50. The zero-order chi connectivity index (χ0) is 31.9. The van der Waals surface area contributed by atoms with E-state index in [9.17, 15) is 14.4 Å². The molecule has 2 aliphatic heterocycles. The molecule has 0 spiro atoms. The molecule has 0 radical (unpaired) electrons. The van der Waals surface area contributed by atoms with E-state index in [0.29, 0.717) is 40.4 Å². The normalized spacial score (nSPS) is 15.6. The van der Waals surface area contributed by atoms with Gasteiger partial charge in [0, 0.05) is 30.8 Å². The second-order valence-electron chi connectivity index (χ2n) is 10.2. The Kier molecular flexibility index (Phi) is 9.64. The summed E-state index contributed by atoms with van der Waals surface area (Å²) in [6.07, 6.45) is 4.02. The van der Waals surface area contributed by atoms with E-state index in [0.717, 1.165) is 18.5 Å². The van der Waals surface area contributed by atoms with Gasteiger partial charge < -0.3 is 37.1 Å². The number of primary amides is 1. The molecule has 45 heavy (non-hydrogen) atoms. The Morgan fingerprint density at radius 1 is 1.02 bits per heavy atom. The van der Waals surface area contributed by atoms with Crippen molar-refractivity contribution in [1.82, 2.24) is 16.0 Å². The maximum absolute atomic E-state index is 13.7. The number of rotatable bonds is 9. The molecule has 5 rings (SSSR count). The molecule has 0 saturated carbocycles. The summed E-state index contributed by atoms with van der Waals surface area (Å²) in [4.78, 5) is 42.4. The summed E-state index contributed by atoms with van der Waals surface area (Å²) in [6.45, 7) is 1.50. The highest BCUT2D eigenvalue weighted by Gasteiger charge is 2.23. The van der Waals surface area contributed by atoms with Crippen molar-refractivity contribution in [3.63, 3.8) is 0 Å². The minimum Gasteiger partial charge on any atom is -0.495 e. The van der Waals surface area contributed by atoms with Crippen molar-refractivity contribution in [1.29, 1.82) is 0 Å². The van der Waals surface area contributed by atoms with Crippen LogP contribution in [0.15, 0.2) is 94.4 Å². The SMILES string of the molecule is CNC(=O)c1ccc(-c2cc(OC)c(NC3=C=CC=C(Cl)C(Nc4ccccc4C(N)=O)=N3)cc2C(=O)N[C@@H]2CCNC2)cc1. The first-order valence-corrected chi connectivity index (χ1v) is 14.6. The van der Waals surface area contributed by atoms with Gasteiger partial charge in [-0.05, 0) is 72.6 Å². The smallest absolute Gasteiger partial charge is 0.252 e. The molecule has 1 atom stereocenters. The largest absolute Gasteiger partial charge is 0.495 e. The van der Waals surface area contributed by atoms with Gasteiger partial charge in [-0.2, -0.15) is 0 Å². The molecule has 1 saturated heterocycles. The number of para-hydroxylation sites is 1. The highest BCUT2D eigenvalue weighted by atomic mass is 35.5. The van der Waals surface area contributed by atoms with Crippen LogP contribution in [0.2, 0.25) is 0 Å². The first-order chi connectivity index (χ1) is 21.8. The van der Waals surface area contributed by atoms with Crippen molar-refractivity contribution in [3.8, 4) is 16.9 Å². The topological polar surface area (TPSA) is 159 Å². The average molecular weight is 626 g/mol. The van der Waals surface area contributed by atoms with Gasteiger partial charge in [-0.25, -0.2) is 4.99 Å². The minimum atomic E-state index is -0.605. The number of carbonyl (C=O) groups is 3. The number of nitrogens with one attached hydrogen (secondary N) is 5. The first kappa shape index (κ1) is 31.1. The van der Waals surface area contributed by atoms with Crippen LogP contribution in [0, 0.1) is 0 Å². The fourth-order valence-electron chi connectivity index (χ4n) is 4.94. The van der Waals surface area contributed by atoms with Gasteiger partial charge in [-0.15, -0.1) is 0 Å². The van der Waals surface area contributed by atoms with Crippen molar-refractivity contribution in [2.75, 3.05) is 37.9 Å². The molecule has 0 aliphatic carbocycles. The quantitative estimate of drug-likeness (QED) is 0.196. The third-order valence-electron chi connectivity index (χ3n) is 7.26. The maximum atomic E-state index is 13.7. The van der Waals surface area contributed by atoms with E-state index in [4.69, 9.17) is 22.1 Å². The van der Waals surface area contributed by atoms with Crippen molar-refractivity contribution in [2.24, 2.45) is 10.7 Å². The Labute approximate surface area is 265 Å². The van der Waals surface area contributed by atoms with E-state index in [1.807, 2.05) is 0 Å². The number of allylic oxidation sites excluding steroid dienone is 2. The number of amidine groups is 1. The number of hydrogen-bond acceptors (Lipinski definition) is 8. The highest BCUT2D eigenvalue weighted by molar-refractivity contribution is 6.45. The number of nitrogens with zero attached hydrogens (tertiary/aromatic N) is 1. The molecule has 0 unspecified atom stereocenters. The first-order valence-electron chi connectivity index (χ1n) is 14.2. The fraction of sp³-hybridized carbons (Fsp3) is 0.182. The Bertz CT molecular complexity index is 1770. The summed E-state index contributed by atoms with van der Waals surface area (Å²) in [5, 5.41) is 15.5. The molecule has 0 aromatic heterocycles. The van der Waals surface area contributed by atoms with Gasteiger partial charge in [0.25, 0.3) is 17.7 Å². The van der Waals surface area contributed by atoms with Gasteiger partial charge in [-0.1, -0.05) is 41.6 Å². The van der Waals surface area contributed by atoms with Crippen molar-refractivity contribution in [2.45, 2.75) is 12.5 Å². The fourth-order valence-corrected chi connectivity index (χ4v) is 5.10. The Morgan fingerprint density at radius 2 is 1.80 bits per heavy atom. The zero-order valence-electron chi connectivity index (χ0n) is 24.7. The van der Waals surface area contributed by atoms with Gasteiger partial charge >= 0.3 is 0 Å². The predicted molar refractivity (Wildman–Crippen MR) is 176 cm³/mol. The summed E-state index contributed by atoms with van der Waals surface area (Å²) in [5.74, 6) is -0.144. The molecule has 2 heterocycles. The molecule has 12 heteroatoms. The van der Waals surface area contributed by atoms with E-state index in [1.54, 1.807) is 79.9 Å². The van der Waals surface area contributed by atoms with Crippen LogP contribution in [0.3, 0.4) is 0 Å². The van der Waals surface area contributed by atoms with Crippen LogP contribution in [-0.2, 0) is 0 Å². The minimum absolute atomic E-state index is 0.0123. The third-order valence-corrected chi connectivity index (χ3v) is 7.57. The monoisotopic (exact) mass is 625 g/mol. The van der Waals surface area contributed by atoms with Crippen LogP contribution in [0.5, 0.6) is 5.75 Å². The summed E-state index contributed by atoms with van der Waals surface area (Å²) in [5.41, 5.74) is 12.0. The summed E-state index contributed by atoms with van der Waals surface area (Å²) < 4.78 is 5.74. The molecule has 3 amide bonds. The number of halogens is 1. The molecule has 7 N–H and O–H groups in total. The van der Waals surface area contributed by atoms with Crippen LogP contribution in [0.25, 0.3) is 11.1 Å². The lowest BCUT2D eigenvalue weighted by atomic mass is 9.96. The lowest BCUT2D eigenvalue weighted by Gasteiger charge is -2.19. The molecule has 3 aromatic carbocycles. The summed E-state index contributed by atoms with van der Waals surface area (Å²) in [6, 6.07) is 17.2. The van der Waals surface area contributed by atoms with E-state index >= 15 is 0 Å². The Morgan fingerprint density at radius 3 is 2.49 bits per heavy atom. The van der Waals surface area contributed by atoms with Gasteiger partial charge in [0.2, 0.25) is 0 Å². The van der Waals surface area contributed by atoms with E-state index in [-0.39, 0.29) is 40.1 Å². The molecule has 3 aromatic rings. The molecular weight excluding hydrogens is 594 g/mol. The predicted octanol–water partition coefficient (Wildman–Crippen LogP) is 3.97. The van der Waals surface area contributed by atoms with Crippen molar-refractivity contribution >= 4 is 46.5 Å². The van der Waals surface area contributed by atoms with Gasteiger partial charge in [-0.3, -0.25) is 14.4 Å². The zero-order valence-corrected chi connectivity index (χ0v) is 25.4.